The highest BCUT2D eigenvalue weighted by molar-refractivity contribution is 6.30. The number of aromatic amines is 1. The van der Waals surface area contributed by atoms with Crippen LogP contribution in [0.4, 0.5) is 0 Å². The number of benzene rings is 1. The van der Waals surface area contributed by atoms with Gasteiger partial charge in [-0.15, -0.1) is 0 Å². The second-order valence-electron chi connectivity index (χ2n) is 4.47. The summed E-state index contributed by atoms with van der Waals surface area (Å²) in [6, 6.07) is 6.58. The van der Waals surface area contributed by atoms with Crippen molar-refractivity contribution in [1.82, 2.24) is 9.55 Å². The van der Waals surface area contributed by atoms with Gasteiger partial charge in [-0.3, -0.25) is 14.3 Å². The molecule has 0 saturated heterocycles. The lowest BCUT2D eigenvalue weighted by atomic mass is 10.1. The Kier molecular flexibility index (Phi) is 4.29. The summed E-state index contributed by atoms with van der Waals surface area (Å²) in [6.45, 7) is 2.33. The Labute approximate surface area is 120 Å². The minimum Gasteiger partial charge on any atom is -0.494 e. The van der Waals surface area contributed by atoms with Crippen LogP contribution in [0, 0.1) is 0 Å². The van der Waals surface area contributed by atoms with Crippen molar-refractivity contribution in [1.29, 1.82) is 0 Å². The summed E-state index contributed by atoms with van der Waals surface area (Å²) in [6.07, 6.45) is 1.60. The molecule has 1 aromatic heterocycles. The molecule has 1 aromatic carbocycles. The fourth-order valence-corrected chi connectivity index (χ4v) is 2.18. The van der Waals surface area contributed by atoms with E-state index >= 15 is 0 Å². The summed E-state index contributed by atoms with van der Waals surface area (Å²) in [5.74, 6) is -0.325. The van der Waals surface area contributed by atoms with Crippen LogP contribution in [0.15, 0.2) is 33.9 Å². The molecule has 2 aromatic rings. The summed E-state index contributed by atoms with van der Waals surface area (Å²) >= 11 is 5.89. The van der Waals surface area contributed by atoms with Gasteiger partial charge in [0.1, 0.15) is 5.56 Å². The van der Waals surface area contributed by atoms with Gasteiger partial charge in [-0.2, -0.15) is 0 Å². The molecule has 0 saturated carbocycles. The monoisotopic (exact) mass is 294 g/mol. The van der Waals surface area contributed by atoms with Crippen molar-refractivity contribution in [2.24, 2.45) is 0 Å². The van der Waals surface area contributed by atoms with E-state index in [4.69, 9.17) is 11.6 Å². The van der Waals surface area contributed by atoms with Crippen LogP contribution in [0.2, 0.25) is 5.02 Å². The SMILES string of the molecule is CCCCn1c(O)c(-c2cccc(Cl)c2)c(=O)[nH]c1=O. The maximum absolute atomic E-state index is 11.9. The van der Waals surface area contributed by atoms with Gasteiger partial charge < -0.3 is 5.11 Å². The molecule has 1 heterocycles. The van der Waals surface area contributed by atoms with E-state index in [9.17, 15) is 14.7 Å². The average molecular weight is 295 g/mol. The van der Waals surface area contributed by atoms with E-state index in [-0.39, 0.29) is 11.4 Å². The fourth-order valence-electron chi connectivity index (χ4n) is 1.99. The predicted molar refractivity (Wildman–Crippen MR) is 78.3 cm³/mol. The van der Waals surface area contributed by atoms with Crippen molar-refractivity contribution in [3.8, 4) is 17.0 Å². The normalized spacial score (nSPS) is 10.7. The van der Waals surface area contributed by atoms with E-state index in [1.165, 1.54) is 4.57 Å². The van der Waals surface area contributed by atoms with Crippen LogP contribution in [0.25, 0.3) is 11.1 Å². The van der Waals surface area contributed by atoms with Crippen molar-refractivity contribution >= 4 is 11.6 Å². The number of hydrogen-bond donors (Lipinski definition) is 2. The topological polar surface area (TPSA) is 75.1 Å². The highest BCUT2D eigenvalue weighted by Crippen LogP contribution is 2.26. The third-order valence-electron chi connectivity index (χ3n) is 3.02. The number of aromatic hydroxyl groups is 1. The van der Waals surface area contributed by atoms with E-state index in [0.29, 0.717) is 17.1 Å². The Morgan fingerprint density at radius 3 is 2.75 bits per heavy atom. The van der Waals surface area contributed by atoms with Crippen LogP contribution >= 0.6 is 11.6 Å². The number of halogens is 1. The highest BCUT2D eigenvalue weighted by Gasteiger charge is 2.15. The zero-order valence-electron chi connectivity index (χ0n) is 11.0. The molecule has 2 N–H and O–H groups in total. The van der Waals surface area contributed by atoms with E-state index < -0.39 is 11.2 Å². The van der Waals surface area contributed by atoms with Crippen molar-refractivity contribution in [3.63, 3.8) is 0 Å². The van der Waals surface area contributed by atoms with Crippen molar-refractivity contribution < 1.29 is 5.11 Å². The van der Waals surface area contributed by atoms with Gasteiger partial charge in [0.05, 0.1) is 0 Å². The van der Waals surface area contributed by atoms with Crippen LogP contribution < -0.4 is 11.2 Å². The molecule has 0 amide bonds. The van der Waals surface area contributed by atoms with Gasteiger partial charge >= 0.3 is 5.69 Å². The lowest BCUT2D eigenvalue weighted by Crippen LogP contribution is -2.31. The first-order chi connectivity index (χ1) is 9.54. The van der Waals surface area contributed by atoms with Gasteiger partial charge in [-0.25, -0.2) is 4.79 Å². The van der Waals surface area contributed by atoms with Gasteiger partial charge in [-0.05, 0) is 24.1 Å². The molecule has 0 aliphatic heterocycles. The van der Waals surface area contributed by atoms with Crippen LogP contribution in [0.1, 0.15) is 19.8 Å². The van der Waals surface area contributed by atoms with E-state index in [1.54, 1.807) is 24.3 Å². The Morgan fingerprint density at radius 1 is 1.35 bits per heavy atom. The number of hydrogen-bond acceptors (Lipinski definition) is 3. The summed E-state index contributed by atoms with van der Waals surface area (Å²) in [7, 11) is 0. The van der Waals surface area contributed by atoms with Crippen LogP contribution in [0.3, 0.4) is 0 Å². The summed E-state index contributed by atoms with van der Waals surface area (Å²) < 4.78 is 1.17. The Balaban J connectivity index is 2.64. The lowest BCUT2D eigenvalue weighted by molar-refractivity contribution is 0.398. The molecule has 2 rings (SSSR count). The first-order valence-corrected chi connectivity index (χ1v) is 6.74. The first-order valence-electron chi connectivity index (χ1n) is 6.36. The van der Waals surface area contributed by atoms with Crippen LogP contribution in [0.5, 0.6) is 5.88 Å². The number of rotatable bonds is 4. The molecule has 0 bridgehead atoms. The molecule has 0 atom stereocenters. The predicted octanol–water partition coefficient (Wildman–Crippen LogP) is 2.36. The van der Waals surface area contributed by atoms with Crippen LogP contribution in [-0.4, -0.2) is 14.7 Å². The zero-order chi connectivity index (χ0) is 14.7. The van der Waals surface area contributed by atoms with Crippen LogP contribution in [-0.2, 0) is 6.54 Å². The van der Waals surface area contributed by atoms with E-state index in [2.05, 4.69) is 4.98 Å². The Hall–Kier alpha value is -2.01. The minimum absolute atomic E-state index is 0.0585. The second kappa shape index (κ2) is 5.96. The highest BCUT2D eigenvalue weighted by atomic mass is 35.5. The zero-order valence-corrected chi connectivity index (χ0v) is 11.8. The number of nitrogens with zero attached hydrogens (tertiary/aromatic N) is 1. The molecule has 0 fully saturated rings. The smallest absolute Gasteiger partial charge is 0.331 e. The molecule has 20 heavy (non-hydrogen) atoms. The fraction of sp³-hybridized carbons (Fsp3) is 0.286. The van der Waals surface area contributed by atoms with Crippen molar-refractivity contribution in [2.75, 3.05) is 0 Å². The minimum atomic E-state index is -0.623. The van der Waals surface area contributed by atoms with Crippen molar-refractivity contribution in [2.45, 2.75) is 26.3 Å². The molecule has 0 radical (unpaired) electrons. The third kappa shape index (κ3) is 2.77. The molecule has 0 aliphatic rings. The molecular weight excluding hydrogens is 280 g/mol. The van der Waals surface area contributed by atoms with E-state index in [0.717, 1.165) is 12.8 Å². The van der Waals surface area contributed by atoms with Gasteiger partial charge in [0.25, 0.3) is 5.56 Å². The first kappa shape index (κ1) is 14.4. The largest absolute Gasteiger partial charge is 0.494 e. The second-order valence-corrected chi connectivity index (χ2v) is 4.91. The summed E-state index contributed by atoms with van der Waals surface area (Å²) in [5, 5.41) is 10.7. The summed E-state index contributed by atoms with van der Waals surface area (Å²) in [4.78, 5) is 25.9. The molecule has 0 spiro atoms. The number of aromatic nitrogens is 2. The van der Waals surface area contributed by atoms with Gasteiger partial charge in [0, 0.05) is 11.6 Å². The lowest BCUT2D eigenvalue weighted by Gasteiger charge is -2.11. The van der Waals surface area contributed by atoms with E-state index in [1.807, 2.05) is 6.92 Å². The maximum atomic E-state index is 11.9. The van der Waals surface area contributed by atoms with Crippen molar-refractivity contribution in [3.05, 3.63) is 50.1 Å². The van der Waals surface area contributed by atoms with Gasteiger partial charge in [-0.1, -0.05) is 37.1 Å². The summed E-state index contributed by atoms with van der Waals surface area (Å²) in [5.41, 5.74) is -0.695. The third-order valence-corrected chi connectivity index (χ3v) is 3.26. The van der Waals surface area contributed by atoms with Gasteiger partial charge in [0.2, 0.25) is 5.88 Å². The number of H-pyrrole nitrogens is 1. The van der Waals surface area contributed by atoms with Gasteiger partial charge in [0.15, 0.2) is 0 Å². The number of nitrogens with one attached hydrogen (secondary N) is 1. The molecule has 106 valence electrons. The molecule has 6 heteroatoms. The number of unbranched alkanes of at least 4 members (excludes halogenated alkanes) is 1. The average Bonchev–Trinajstić information content (AvgIpc) is 2.38. The standard InChI is InChI=1S/C14H15ClN2O3/c1-2-3-7-17-13(19)11(12(18)16-14(17)20)9-5-4-6-10(15)8-9/h4-6,8,19H,2-3,7H2,1H3,(H,16,18,20). The molecular formula is C14H15ClN2O3. The Bertz CT molecular complexity index is 734. The molecule has 5 nitrogen and oxygen atoms in total. The maximum Gasteiger partial charge on any atom is 0.331 e. The molecule has 0 unspecified atom stereocenters. The quantitative estimate of drug-likeness (QED) is 0.909. The Morgan fingerprint density at radius 2 is 2.10 bits per heavy atom. The molecule has 0 aliphatic carbocycles.